The number of nitrogens with zero attached hydrogens (tertiary/aromatic N) is 2. The van der Waals surface area contributed by atoms with Gasteiger partial charge in [-0.3, -0.25) is 4.99 Å². The Morgan fingerprint density at radius 3 is 2.83 bits per heavy atom. The van der Waals surface area contributed by atoms with E-state index >= 15 is 0 Å². The molecule has 154 valence electrons. The Morgan fingerprint density at radius 1 is 1.23 bits per heavy atom. The average Bonchev–Trinajstić information content (AvgIpc) is 2.71. The third kappa shape index (κ3) is 3.07. The molecule has 2 aromatic carbocycles. The first-order valence-corrected chi connectivity index (χ1v) is 11.0. The summed E-state index contributed by atoms with van der Waals surface area (Å²) >= 11 is 4.43. The Labute approximate surface area is 182 Å². The van der Waals surface area contributed by atoms with E-state index < -0.39 is 0 Å². The van der Waals surface area contributed by atoms with Gasteiger partial charge < -0.3 is 9.32 Å². The van der Waals surface area contributed by atoms with Gasteiger partial charge in [0, 0.05) is 40.8 Å². The zero-order valence-electron chi connectivity index (χ0n) is 17.6. The maximum atomic E-state index is 12.8. The lowest BCUT2D eigenvalue weighted by Crippen LogP contribution is -2.41. The lowest BCUT2D eigenvalue weighted by molar-refractivity contribution is 0.437. The summed E-state index contributed by atoms with van der Waals surface area (Å²) in [7, 11) is 0. The largest absolute Gasteiger partial charge is 0.422 e. The molecule has 30 heavy (non-hydrogen) atoms. The molecule has 5 rings (SSSR count). The fourth-order valence-corrected chi connectivity index (χ4v) is 5.01. The maximum absolute atomic E-state index is 12.8. The van der Waals surface area contributed by atoms with Crippen LogP contribution in [0, 0.1) is 0 Å². The fourth-order valence-electron chi connectivity index (χ4n) is 4.79. The second-order valence-corrected chi connectivity index (χ2v) is 9.63. The van der Waals surface area contributed by atoms with E-state index in [0.717, 1.165) is 47.5 Å². The van der Waals surface area contributed by atoms with Gasteiger partial charge >= 0.3 is 5.63 Å². The van der Waals surface area contributed by atoms with Crippen molar-refractivity contribution >= 4 is 41.2 Å². The first-order chi connectivity index (χ1) is 14.3. The van der Waals surface area contributed by atoms with E-state index in [9.17, 15) is 4.79 Å². The molecule has 0 saturated heterocycles. The lowest BCUT2D eigenvalue weighted by Gasteiger charge is -2.45. The number of rotatable bonds is 2. The van der Waals surface area contributed by atoms with Crippen molar-refractivity contribution in [2.75, 3.05) is 18.0 Å². The minimum atomic E-state index is -0.349. The molecule has 0 fully saturated rings. The molecule has 0 spiro atoms. The van der Waals surface area contributed by atoms with E-state index in [1.165, 1.54) is 16.8 Å². The molecule has 2 aliphatic rings. The van der Waals surface area contributed by atoms with E-state index in [4.69, 9.17) is 4.42 Å². The summed E-state index contributed by atoms with van der Waals surface area (Å²) in [6.07, 6.45) is 3.80. The Kier molecular flexibility index (Phi) is 4.55. The Hall–Kier alpha value is -2.53. The summed E-state index contributed by atoms with van der Waals surface area (Å²) < 4.78 is 5.93. The monoisotopic (exact) mass is 418 g/mol. The van der Waals surface area contributed by atoms with E-state index in [-0.39, 0.29) is 11.0 Å². The molecule has 1 aromatic heterocycles. The predicted molar refractivity (Wildman–Crippen MR) is 126 cm³/mol. The van der Waals surface area contributed by atoms with Crippen LogP contribution in [-0.2, 0) is 5.41 Å². The summed E-state index contributed by atoms with van der Waals surface area (Å²) in [5.41, 5.74) is 5.53. The van der Waals surface area contributed by atoms with Crippen LogP contribution in [0.4, 0.5) is 11.4 Å². The summed E-state index contributed by atoms with van der Waals surface area (Å²) in [4.78, 5) is 20.5. The molecule has 0 bridgehead atoms. The highest BCUT2D eigenvalue weighted by molar-refractivity contribution is 7.80. The highest BCUT2D eigenvalue weighted by Gasteiger charge is 2.37. The van der Waals surface area contributed by atoms with E-state index in [2.05, 4.69) is 49.4 Å². The maximum Gasteiger partial charge on any atom is 0.345 e. The Balaban J connectivity index is 1.71. The number of anilines is 1. The molecular formula is C25H26N2O2S. The van der Waals surface area contributed by atoms with Crippen LogP contribution in [0.1, 0.15) is 56.2 Å². The zero-order chi connectivity index (χ0) is 21.0. The minimum Gasteiger partial charge on any atom is -0.422 e. The number of para-hydroxylation sites is 1. The first-order valence-electron chi connectivity index (χ1n) is 10.6. The topological polar surface area (TPSA) is 45.8 Å². The molecule has 4 nitrogen and oxygen atoms in total. The van der Waals surface area contributed by atoms with Gasteiger partial charge in [0.15, 0.2) is 0 Å². The number of hydrogen-bond acceptors (Lipinski definition) is 5. The molecule has 0 N–H and O–H groups in total. The quantitative estimate of drug-likeness (QED) is 0.324. The standard InChI is InChI=1S/C25H26N2O2S/c1-15-8-10-27-11-9-25(2,3)18-13-16-12-17(14-26-19-6-4-5-7-20(19)30)24(28)29-23(16)21(15)22(18)27/h4-7,12-15,30H,8-11H2,1-3H3/t15-/m0/s1. The predicted octanol–water partition coefficient (Wildman–Crippen LogP) is 5.83. The van der Waals surface area contributed by atoms with Crippen LogP contribution in [0.2, 0.25) is 0 Å². The van der Waals surface area contributed by atoms with Crippen LogP contribution in [0.15, 0.2) is 55.5 Å². The average molecular weight is 419 g/mol. The van der Waals surface area contributed by atoms with Crippen molar-refractivity contribution in [3.8, 4) is 0 Å². The number of thiol groups is 1. The first kappa shape index (κ1) is 19.4. The number of aliphatic imine (C=N–C) groups is 1. The molecule has 0 amide bonds. The zero-order valence-corrected chi connectivity index (χ0v) is 18.5. The summed E-state index contributed by atoms with van der Waals surface area (Å²) in [5, 5.41) is 0.979. The number of hydrogen-bond donors (Lipinski definition) is 1. The van der Waals surface area contributed by atoms with Gasteiger partial charge in [-0.2, -0.15) is 0 Å². The van der Waals surface area contributed by atoms with Gasteiger partial charge in [0.25, 0.3) is 0 Å². The van der Waals surface area contributed by atoms with Crippen molar-refractivity contribution in [3.63, 3.8) is 0 Å². The fraction of sp³-hybridized carbons (Fsp3) is 0.360. The normalized spacial score (nSPS) is 20.0. The van der Waals surface area contributed by atoms with Gasteiger partial charge in [0.2, 0.25) is 0 Å². The molecule has 3 aromatic rings. The highest BCUT2D eigenvalue weighted by Crippen LogP contribution is 2.49. The van der Waals surface area contributed by atoms with Crippen molar-refractivity contribution < 1.29 is 4.42 Å². The Bertz CT molecular complexity index is 1240. The van der Waals surface area contributed by atoms with Crippen molar-refractivity contribution in [2.45, 2.75) is 49.8 Å². The van der Waals surface area contributed by atoms with Gasteiger partial charge in [-0.15, -0.1) is 12.6 Å². The van der Waals surface area contributed by atoms with Crippen LogP contribution in [0.3, 0.4) is 0 Å². The molecule has 1 atom stereocenters. The van der Waals surface area contributed by atoms with Crippen molar-refractivity contribution in [3.05, 3.63) is 63.5 Å². The van der Waals surface area contributed by atoms with E-state index in [1.807, 2.05) is 30.3 Å². The summed E-state index contributed by atoms with van der Waals surface area (Å²) in [6, 6.07) is 11.7. The third-order valence-corrected chi connectivity index (χ3v) is 7.04. The van der Waals surface area contributed by atoms with Gasteiger partial charge in [0.1, 0.15) is 5.58 Å². The van der Waals surface area contributed by atoms with Gasteiger partial charge in [-0.05, 0) is 54.0 Å². The molecule has 0 radical (unpaired) electrons. The molecule has 0 saturated carbocycles. The van der Waals surface area contributed by atoms with Crippen LogP contribution >= 0.6 is 12.6 Å². The van der Waals surface area contributed by atoms with Crippen LogP contribution in [0.25, 0.3) is 11.0 Å². The Morgan fingerprint density at radius 2 is 2.03 bits per heavy atom. The molecule has 0 aliphatic carbocycles. The number of fused-ring (bicyclic) bond motifs is 2. The number of benzene rings is 2. The van der Waals surface area contributed by atoms with Crippen molar-refractivity contribution in [2.24, 2.45) is 4.99 Å². The summed E-state index contributed by atoms with van der Waals surface area (Å²) in [5.74, 6) is 0.367. The van der Waals surface area contributed by atoms with Crippen LogP contribution in [-0.4, -0.2) is 19.3 Å². The molecule has 2 aliphatic heterocycles. The van der Waals surface area contributed by atoms with E-state index in [1.54, 1.807) is 6.21 Å². The highest BCUT2D eigenvalue weighted by atomic mass is 32.1. The van der Waals surface area contributed by atoms with Crippen molar-refractivity contribution in [1.29, 1.82) is 0 Å². The van der Waals surface area contributed by atoms with Crippen molar-refractivity contribution in [1.82, 2.24) is 0 Å². The van der Waals surface area contributed by atoms with Gasteiger partial charge in [-0.25, -0.2) is 4.79 Å². The van der Waals surface area contributed by atoms with Crippen LogP contribution in [0.5, 0.6) is 0 Å². The van der Waals surface area contributed by atoms with E-state index in [0.29, 0.717) is 11.5 Å². The van der Waals surface area contributed by atoms with Gasteiger partial charge in [-0.1, -0.05) is 32.9 Å². The lowest BCUT2D eigenvalue weighted by atomic mass is 9.73. The molecule has 3 heterocycles. The molecule has 5 heteroatoms. The molecule has 0 unspecified atom stereocenters. The smallest absolute Gasteiger partial charge is 0.345 e. The van der Waals surface area contributed by atoms with Crippen LogP contribution < -0.4 is 10.5 Å². The molecular weight excluding hydrogens is 392 g/mol. The minimum absolute atomic E-state index is 0.0984. The second kappa shape index (κ2) is 7.02. The second-order valence-electron chi connectivity index (χ2n) is 9.15. The third-order valence-electron chi connectivity index (χ3n) is 6.66. The van der Waals surface area contributed by atoms with Gasteiger partial charge in [0.05, 0.1) is 11.3 Å². The SMILES string of the molecule is C[C@H]1CCN2CCC(C)(C)c3cc4cc(C=Nc5ccccc5S)c(=O)oc4c1c32. The summed E-state index contributed by atoms with van der Waals surface area (Å²) in [6.45, 7) is 9.00.